The Morgan fingerprint density at radius 2 is 2.33 bits per heavy atom. The van der Waals surface area contributed by atoms with Gasteiger partial charge in [0.1, 0.15) is 0 Å². The lowest BCUT2D eigenvalue weighted by atomic mass is 10.0. The number of piperidine rings is 1. The van der Waals surface area contributed by atoms with Crippen molar-refractivity contribution in [3.63, 3.8) is 0 Å². The zero-order chi connectivity index (χ0) is 10.7. The normalized spacial score (nSPS) is 31.9. The molecule has 2 aliphatic rings. The largest absolute Gasteiger partial charge is 0.380 e. The Kier molecular flexibility index (Phi) is 3.59. The van der Waals surface area contributed by atoms with Crippen molar-refractivity contribution in [3.05, 3.63) is 0 Å². The molecular formula is C11H20N2O2. The molecule has 86 valence electrons. The van der Waals surface area contributed by atoms with Crippen LogP contribution in [0.2, 0.25) is 0 Å². The van der Waals surface area contributed by atoms with E-state index in [-0.39, 0.29) is 12.0 Å². The van der Waals surface area contributed by atoms with E-state index in [9.17, 15) is 4.79 Å². The van der Waals surface area contributed by atoms with Crippen LogP contribution in [0.25, 0.3) is 0 Å². The number of hydrogen-bond donors (Lipinski definition) is 1. The summed E-state index contributed by atoms with van der Waals surface area (Å²) in [7, 11) is 1.73. The molecule has 1 N–H and O–H groups in total. The Labute approximate surface area is 91.0 Å². The molecule has 4 heteroatoms. The zero-order valence-electron chi connectivity index (χ0n) is 9.37. The van der Waals surface area contributed by atoms with Crippen LogP contribution in [-0.2, 0) is 9.53 Å². The van der Waals surface area contributed by atoms with Crippen LogP contribution in [0.4, 0.5) is 0 Å². The highest BCUT2D eigenvalue weighted by Gasteiger charge is 2.30. The predicted octanol–water partition coefficient (Wildman–Crippen LogP) is 0.233. The van der Waals surface area contributed by atoms with Gasteiger partial charge in [-0.2, -0.15) is 0 Å². The van der Waals surface area contributed by atoms with E-state index < -0.39 is 0 Å². The van der Waals surface area contributed by atoms with Crippen LogP contribution in [0.5, 0.6) is 0 Å². The lowest BCUT2D eigenvalue weighted by molar-refractivity contribution is -0.138. The summed E-state index contributed by atoms with van der Waals surface area (Å²) in [5.41, 5.74) is 0. The average molecular weight is 212 g/mol. The molecule has 15 heavy (non-hydrogen) atoms. The standard InChI is InChI=1S/C11H20N2O2/c1-15-10-3-2-6-13(8-10)11(14)9-4-5-12-7-9/h9-10,12H,2-8H2,1H3. The van der Waals surface area contributed by atoms with Crippen LogP contribution in [0.3, 0.4) is 0 Å². The number of ether oxygens (including phenoxy) is 1. The summed E-state index contributed by atoms with van der Waals surface area (Å²) in [4.78, 5) is 14.1. The molecule has 2 saturated heterocycles. The summed E-state index contributed by atoms with van der Waals surface area (Å²) in [5, 5.41) is 3.24. The predicted molar refractivity (Wildman–Crippen MR) is 57.6 cm³/mol. The fraction of sp³-hybridized carbons (Fsp3) is 0.909. The summed E-state index contributed by atoms with van der Waals surface area (Å²) >= 11 is 0. The minimum absolute atomic E-state index is 0.209. The number of carbonyl (C=O) groups is 1. The molecule has 0 aromatic rings. The van der Waals surface area contributed by atoms with E-state index >= 15 is 0 Å². The molecule has 2 heterocycles. The van der Waals surface area contributed by atoms with Gasteiger partial charge in [0.15, 0.2) is 0 Å². The summed E-state index contributed by atoms with van der Waals surface area (Å²) < 4.78 is 5.32. The molecule has 4 nitrogen and oxygen atoms in total. The van der Waals surface area contributed by atoms with Crippen LogP contribution in [0.15, 0.2) is 0 Å². The quantitative estimate of drug-likeness (QED) is 0.712. The van der Waals surface area contributed by atoms with Crippen LogP contribution in [-0.4, -0.2) is 50.2 Å². The highest BCUT2D eigenvalue weighted by Crippen LogP contribution is 2.17. The molecule has 0 aromatic heterocycles. The Morgan fingerprint density at radius 1 is 1.47 bits per heavy atom. The van der Waals surface area contributed by atoms with Gasteiger partial charge in [-0.25, -0.2) is 0 Å². The zero-order valence-corrected chi connectivity index (χ0v) is 9.37. The van der Waals surface area contributed by atoms with E-state index in [1.165, 1.54) is 0 Å². The minimum atomic E-state index is 0.209. The highest BCUT2D eigenvalue weighted by atomic mass is 16.5. The van der Waals surface area contributed by atoms with Crippen molar-refractivity contribution < 1.29 is 9.53 Å². The van der Waals surface area contributed by atoms with Gasteiger partial charge in [0.05, 0.1) is 12.0 Å². The fourth-order valence-electron chi connectivity index (χ4n) is 2.45. The second-order valence-corrected chi connectivity index (χ2v) is 4.47. The maximum absolute atomic E-state index is 12.1. The molecule has 0 bridgehead atoms. The van der Waals surface area contributed by atoms with Crippen LogP contribution >= 0.6 is 0 Å². The van der Waals surface area contributed by atoms with Crippen LogP contribution in [0, 0.1) is 5.92 Å². The van der Waals surface area contributed by atoms with Gasteiger partial charge >= 0.3 is 0 Å². The Balaban J connectivity index is 1.88. The molecule has 0 aliphatic carbocycles. The van der Waals surface area contributed by atoms with Crippen molar-refractivity contribution >= 4 is 5.91 Å². The number of amides is 1. The van der Waals surface area contributed by atoms with E-state index in [4.69, 9.17) is 4.74 Å². The van der Waals surface area contributed by atoms with Crippen molar-refractivity contribution in [2.45, 2.75) is 25.4 Å². The van der Waals surface area contributed by atoms with Gasteiger partial charge in [0.25, 0.3) is 0 Å². The van der Waals surface area contributed by atoms with Gasteiger partial charge in [-0.15, -0.1) is 0 Å². The van der Waals surface area contributed by atoms with Crippen molar-refractivity contribution in [1.29, 1.82) is 0 Å². The summed E-state index contributed by atoms with van der Waals surface area (Å²) in [6.07, 6.45) is 3.40. The van der Waals surface area contributed by atoms with Gasteiger partial charge in [0.2, 0.25) is 5.91 Å². The Bertz CT molecular complexity index is 227. The van der Waals surface area contributed by atoms with E-state index in [0.717, 1.165) is 45.4 Å². The molecule has 0 saturated carbocycles. The molecule has 1 amide bonds. The third kappa shape index (κ3) is 2.49. The molecule has 2 aliphatic heterocycles. The first kappa shape index (κ1) is 10.9. The van der Waals surface area contributed by atoms with E-state index in [2.05, 4.69) is 5.32 Å². The number of nitrogens with zero attached hydrogens (tertiary/aromatic N) is 1. The Hall–Kier alpha value is -0.610. The number of hydrogen-bond acceptors (Lipinski definition) is 3. The van der Waals surface area contributed by atoms with Gasteiger partial charge in [-0.05, 0) is 25.8 Å². The molecule has 2 fully saturated rings. The van der Waals surface area contributed by atoms with E-state index in [1.807, 2.05) is 4.90 Å². The molecule has 0 radical (unpaired) electrons. The number of rotatable bonds is 2. The first-order valence-electron chi connectivity index (χ1n) is 5.83. The second-order valence-electron chi connectivity index (χ2n) is 4.47. The monoisotopic (exact) mass is 212 g/mol. The molecule has 0 aromatic carbocycles. The van der Waals surface area contributed by atoms with Crippen LogP contribution < -0.4 is 5.32 Å². The number of methoxy groups -OCH3 is 1. The number of carbonyl (C=O) groups excluding carboxylic acids is 1. The SMILES string of the molecule is COC1CCCN(C(=O)C2CCNC2)C1. The molecule has 2 rings (SSSR count). The highest BCUT2D eigenvalue weighted by molar-refractivity contribution is 5.79. The first-order chi connectivity index (χ1) is 7.31. The molecule has 2 unspecified atom stereocenters. The summed E-state index contributed by atoms with van der Waals surface area (Å²) in [6, 6.07) is 0. The van der Waals surface area contributed by atoms with Gasteiger partial charge in [-0.3, -0.25) is 4.79 Å². The van der Waals surface area contributed by atoms with Gasteiger partial charge in [-0.1, -0.05) is 0 Å². The van der Waals surface area contributed by atoms with Crippen molar-refractivity contribution in [2.75, 3.05) is 33.3 Å². The number of nitrogens with one attached hydrogen (secondary N) is 1. The maximum Gasteiger partial charge on any atom is 0.227 e. The third-order valence-corrected chi connectivity index (χ3v) is 3.43. The number of likely N-dealkylation sites (tertiary alicyclic amines) is 1. The van der Waals surface area contributed by atoms with Crippen molar-refractivity contribution in [3.8, 4) is 0 Å². The van der Waals surface area contributed by atoms with Crippen molar-refractivity contribution in [1.82, 2.24) is 10.2 Å². The third-order valence-electron chi connectivity index (χ3n) is 3.43. The summed E-state index contributed by atoms with van der Waals surface area (Å²) in [5.74, 6) is 0.530. The lowest BCUT2D eigenvalue weighted by Gasteiger charge is -2.33. The smallest absolute Gasteiger partial charge is 0.227 e. The van der Waals surface area contributed by atoms with Crippen LogP contribution in [0.1, 0.15) is 19.3 Å². The topological polar surface area (TPSA) is 41.6 Å². The molecular weight excluding hydrogens is 192 g/mol. The summed E-state index contributed by atoms with van der Waals surface area (Å²) in [6.45, 7) is 3.53. The van der Waals surface area contributed by atoms with E-state index in [1.54, 1.807) is 7.11 Å². The Morgan fingerprint density at radius 3 is 3.00 bits per heavy atom. The second kappa shape index (κ2) is 4.94. The maximum atomic E-state index is 12.1. The fourth-order valence-corrected chi connectivity index (χ4v) is 2.45. The van der Waals surface area contributed by atoms with E-state index in [0.29, 0.717) is 5.91 Å². The molecule has 0 spiro atoms. The van der Waals surface area contributed by atoms with Gasteiger partial charge in [0, 0.05) is 26.7 Å². The minimum Gasteiger partial charge on any atom is -0.380 e. The average Bonchev–Trinajstić information content (AvgIpc) is 2.81. The first-order valence-corrected chi connectivity index (χ1v) is 5.83. The molecule has 2 atom stereocenters. The van der Waals surface area contributed by atoms with Crippen molar-refractivity contribution in [2.24, 2.45) is 5.92 Å². The van der Waals surface area contributed by atoms with Gasteiger partial charge < -0.3 is 15.0 Å². The lowest BCUT2D eigenvalue weighted by Crippen LogP contribution is -2.45.